The number of para-hydroxylation sites is 2. The third-order valence-corrected chi connectivity index (χ3v) is 4.26. The quantitative estimate of drug-likeness (QED) is 0.516. The van der Waals surface area contributed by atoms with E-state index in [2.05, 4.69) is 0 Å². The maximum Gasteiger partial charge on any atom is 0.176 e. The molecule has 0 aliphatic carbocycles. The summed E-state index contributed by atoms with van der Waals surface area (Å²) >= 11 is 1.47. The number of ether oxygens (including phenoxy) is 1. The van der Waals surface area contributed by atoms with E-state index in [1.54, 1.807) is 7.11 Å². The number of fused-ring (bicyclic) bond motifs is 1. The number of hydrogen-bond donors (Lipinski definition) is 0. The molecule has 4 heteroatoms. The number of benzene rings is 2. The largest absolute Gasteiger partial charge is 0.496 e. The summed E-state index contributed by atoms with van der Waals surface area (Å²) in [6.45, 7) is 0. The number of carbonyl (C=O) groups is 1. The zero-order valence-corrected chi connectivity index (χ0v) is 12.4. The highest BCUT2D eigenvalue weighted by Crippen LogP contribution is 2.30. The fourth-order valence-corrected chi connectivity index (χ4v) is 3.06. The number of rotatable bonds is 5. The van der Waals surface area contributed by atoms with Crippen LogP contribution in [0.15, 0.2) is 64.1 Å². The summed E-state index contributed by atoms with van der Waals surface area (Å²) in [5, 5.41) is 0.864. The minimum atomic E-state index is 0.0517. The van der Waals surface area contributed by atoms with Crippen LogP contribution in [0.2, 0.25) is 0 Å². The van der Waals surface area contributed by atoms with E-state index in [0.717, 1.165) is 21.6 Å². The smallest absolute Gasteiger partial charge is 0.176 e. The Labute approximate surface area is 126 Å². The van der Waals surface area contributed by atoms with Crippen LogP contribution in [0.1, 0.15) is 10.4 Å². The summed E-state index contributed by atoms with van der Waals surface area (Å²) < 4.78 is 10.7. The van der Waals surface area contributed by atoms with Gasteiger partial charge in [-0.3, -0.25) is 4.79 Å². The number of furan rings is 1. The molecule has 0 saturated heterocycles. The minimum Gasteiger partial charge on any atom is -0.496 e. The lowest BCUT2D eigenvalue weighted by Crippen LogP contribution is -2.01. The minimum absolute atomic E-state index is 0.0517. The van der Waals surface area contributed by atoms with Crippen molar-refractivity contribution in [1.29, 1.82) is 0 Å². The molecule has 2 aromatic carbocycles. The van der Waals surface area contributed by atoms with Crippen LogP contribution in [0.4, 0.5) is 0 Å². The summed E-state index contributed by atoms with van der Waals surface area (Å²) in [4.78, 5) is 13.3. The fraction of sp³-hybridized carbons (Fsp3) is 0.118. The summed E-state index contributed by atoms with van der Waals surface area (Å²) in [7, 11) is 1.63. The summed E-state index contributed by atoms with van der Waals surface area (Å²) in [5.74, 6) is 1.19. The normalized spacial score (nSPS) is 10.7. The van der Waals surface area contributed by atoms with E-state index >= 15 is 0 Å². The summed E-state index contributed by atoms with van der Waals surface area (Å²) in [6, 6.07) is 15.2. The lowest BCUT2D eigenvalue weighted by molar-refractivity contribution is 0.102. The zero-order chi connectivity index (χ0) is 14.7. The van der Waals surface area contributed by atoms with E-state index in [1.807, 2.05) is 48.5 Å². The molecule has 21 heavy (non-hydrogen) atoms. The van der Waals surface area contributed by atoms with Gasteiger partial charge in [0.1, 0.15) is 17.6 Å². The van der Waals surface area contributed by atoms with Gasteiger partial charge in [0.15, 0.2) is 5.78 Å². The SMILES string of the molecule is COc1ccccc1SCC(=O)c1coc2ccccc12. The number of Topliss-reactive ketones (excluding diaryl/α,β-unsaturated/α-hetero) is 1. The molecule has 0 radical (unpaired) electrons. The molecular weight excluding hydrogens is 284 g/mol. The second kappa shape index (κ2) is 6.06. The second-order valence-corrected chi connectivity index (χ2v) is 5.53. The molecule has 0 unspecified atom stereocenters. The van der Waals surface area contributed by atoms with E-state index in [-0.39, 0.29) is 5.78 Å². The zero-order valence-electron chi connectivity index (χ0n) is 11.5. The van der Waals surface area contributed by atoms with Crippen molar-refractivity contribution in [1.82, 2.24) is 0 Å². The van der Waals surface area contributed by atoms with E-state index in [0.29, 0.717) is 11.3 Å². The van der Waals surface area contributed by atoms with Crippen molar-refractivity contribution in [2.45, 2.75) is 4.90 Å². The fourth-order valence-electron chi connectivity index (χ4n) is 2.15. The number of methoxy groups -OCH3 is 1. The lowest BCUT2D eigenvalue weighted by Gasteiger charge is -2.06. The van der Waals surface area contributed by atoms with Gasteiger partial charge in [0, 0.05) is 10.3 Å². The van der Waals surface area contributed by atoms with E-state index in [1.165, 1.54) is 18.0 Å². The molecule has 0 amide bonds. The Morgan fingerprint density at radius 2 is 1.90 bits per heavy atom. The molecule has 1 aromatic heterocycles. The molecule has 0 N–H and O–H groups in total. The molecule has 0 bridgehead atoms. The third kappa shape index (κ3) is 2.81. The van der Waals surface area contributed by atoms with E-state index < -0.39 is 0 Å². The first-order valence-electron chi connectivity index (χ1n) is 6.55. The molecule has 0 atom stereocenters. The summed E-state index contributed by atoms with van der Waals surface area (Å²) in [6.07, 6.45) is 1.54. The van der Waals surface area contributed by atoms with Gasteiger partial charge in [0.25, 0.3) is 0 Å². The molecule has 0 fully saturated rings. The standard InChI is InChI=1S/C17H14O3S/c1-19-16-8-4-5-9-17(16)21-11-14(18)13-10-20-15-7-3-2-6-12(13)15/h2-10H,11H2,1H3. The van der Waals surface area contributed by atoms with Crippen molar-refractivity contribution >= 4 is 28.5 Å². The Balaban J connectivity index is 1.78. The van der Waals surface area contributed by atoms with Crippen molar-refractivity contribution in [3.63, 3.8) is 0 Å². The highest BCUT2D eigenvalue weighted by atomic mass is 32.2. The van der Waals surface area contributed by atoms with Crippen LogP contribution in [-0.2, 0) is 0 Å². The lowest BCUT2D eigenvalue weighted by atomic mass is 10.1. The van der Waals surface area contributed by atoms with E-state index in [9.17, 15) is 4.79 Å². The first-order chi connectivity index (χ1) is 10.3. The van der Waals surface area contributed by atoms with Gasteiger partial charge in [-0.1, -0.05) is 30.3 Å². The van der Waals surface area contributed by atoms with Crippen molar-refractivity contribution in [3.8, 4) is 5.75 Å². The molecule has 0 aliphatic heterocycles. The molecule has 3 rings (SSSR count). The molecule has 3 nitrogen and oxygen atoms in total. The average Bonchev–Trinajstić information content (AvgIpc) is 2.97. The van der Waals surface area contributed by atoms with Crippen LogP contribution in [0.25, 0.3) is 11.0 Å². The van der Waals surface area contributed by atoms with Crippen molar-refractivity contribution in [2.75, 3.05) is 12.9 Å². The van der Waals surface area contributed by atoms with Crippen LogP contribution >= 0.6 is 11.8 Å². The van der Waals surface area contributed by atoms with Crippen molar-refractivity contribution in [3.05, 3.63) is 60.4 Å². The average molecular weight is 298 g/mol. The molecule has 0 saturated carbocycles. The number of ketones is 1. The summed E-state index contributed by atoms with van der Waals surface area (Å²) in [5.41, 5.74) is 1.37. The first-order valence-corrected chi connectivity index (χ1v) is 7.53. The van der Waals surface area contributed by atoms with Crippen molar-refractivity contribution < 1.29 is 13.9 Å². The number of carbonyl (C=O) groups excluding carboxylic acids is 1. The van der Waals surface area contributed by atoms with Gasteiger partial charge in [0.2, 0.25) is 0 Å². The van der Waals surface area contributed by atoms with Crippen LogP contribution in [-0.4, -0.2) is 18.6 Å². The Kier molecular flexibility index (Phi) is 3.97. The number of thioether (sulfide) groups is 1. The van der Waals surface area contributed by atoms with Gasteiger partial charge in [-0.15, -0.1) is 11.8 Å². The van der Waals surface area contributed by atoms with Gasteiger partial charge in [-0.2, -0.15) is 0 Å². The van der Waals surface area contributed by atoms with Crippen LogP contribution in [0, 0.1) is 0 Å². The molecule has 1 heterocycles. The van der Waals surface area contributed by atoms with Gasteiger partial charge in [-0.25, -0.2) is 0 Å². The first kappa shape index (κ1) is 13.8. The van der Waals surface area contributed by atoms with Crippen LogP contribution < -0.4 is 4.74 Å². The Morgan fingerprint density at radius 1 is 1.14 bits per heavy atom. The van der Waals surface area contributed by atoms with Crippen LogP contribution in [0.3, 0.4) is 0 Å². The Bertz CT molecular complexity index is 776. The Hall–Kier alpha value is -2.20. The van der Waals surface area contributed by atoms with Gasteiger partial charge in [-0.05, 0) is 18.2 Å². The molecule has 0 spiro atoms. The van der Waals surface area contributed by atoms with E-state index in [4.69, 9.17) is 9.15 Å². The van der Waals surface area contributed by atoms with Crippen molar-refractivity contribution in [2.24, 2.45) is 0 Å². The molecular formula is C17H14O3S. The van der Waals surface area contributed by atoms with Gasteiger partial charge in [0.05, 0.1) is 18.4 Å². The maximum atomic E-state index is 12.4. The van der Waals surface area contributed by atoms with Crippen LogP contribution in [0.5, 0.6) is 5.75 Å². The van der Waals surface area contributed by atoms with Gasteiger partial charge >= 0.3 is 0 Å². The monoisotopic (exact) mass is 298 g/mol. The molecule has 3 aromatic rings. The number of hydrogen-bond acceptors (Lipinski definition) is 4. The second-order valence-electron chi connectivity index (χ2n) is 4.51. The molecule has 106 valence electrons. The highest BCUT2D eigenvalue weighted by Gasteiger charge is 2.14. The predicted molar refractivity (Wildman–Crippen MR) is 84.3 cm³/mol. The van der Waals surface area contributed by atoms with Gasteiger partial charge < -0.3 is 9.15 Å². The topological polar surface area (TPSA) is 39.4 Å². The molecule has 0 aliphatic rings. The predicted octanol–water partition coefficient (Wildman–Crippen LogP) is 4.42. The highest BCUT2D eigenvalue weighted by molar-refractivity contribution is 8.00. The Morgan fingerprint density at radius 3 is 2.76 bits per heavy atom. The maximum absolute atomic E-state index is 12.4. The third-order valence-electron chi connectivity index (χ3n) is 3.21.